The van der Waals surface area contributed by atoms with Gasteiger partial charge in [-0.25, -0.2) is 9.59 Å². The summed E-state index contributed by atoms with van der Waals surface area (Å²) in [4.78, 5) is 24.2. The first-order chi connectivity index (χ1) is 8.99. The lowest BCUT2D eigenvalue weighted by atomic mass is 10.0. The van der Waals surface area contributed by atoms with E-state index in [0.717, 1.165) is 6.42 Å². The maximum atomic E-state index is 12.0. The molecule has 0 radical (unpaired) electrons. The maximum absolute atomic E-state index is 12.0. The smallest absolute Gasteiger partial charge is 0.326 e. The van der Waals surface area contributed by atoms with Crippen molar-refractivity contribution in [3.05, 3.63) is 0 Å². The Balaban J connectivity index is 1.86. The Bertz CT molecular complexity index is 362. The van der Waals surface area contributed by atoms with Crippen LogP contribution in [0.15, 0.2) is 0 Å². The minimum absolute atomic E-state index is 0.0690. The molecule has 7 heteroatoms. The number of nitrogens with one attached hydrogen (secondary N) is 1. The number of rotatable bonds is 3. The van der Waals surface area contributed by atoms with E-state index in [9.17, 15) is 14.7 Å². The molecule has 0 bridgehead atoms. The largest absolute Gasteiger partial charge is 0.480 e. The van der Waals surface area contributed by atoms with E-state index in [4.69, 9.17) is 9.84 Å². The molecule has 108 valence electrons. The molecule has 2 amide bonds. The van der Waals surface area contributed by atoms with Gasteiger partial charge in [0.05, 0.1) is 12.2 Å². The highest BCUT2D eigenvalue weighted by Gasteiger charge is 2.39. The van der Waals surface area contributed by atoms with E-state index in [0.29, 0.717) is 13.2 Å². The predicted octanol–water partition coefficient (Wildman–Crippen LogP) is -0.359. The summed E-state index contributed by atoms with van der Waals surface area (Å²) in [6.45, 7) is 3.20. The molecule has 2 aliphatic rings. The molecule has 0 saturated carbocycles. The van der Waals surface area contributed by atoms with Crippen LogP contribution < -0.4 is 5.32 Å². The number of ether oxygens (including phenoxy) is 1. The molecule has 0 spiro atoms. The Labute approximate surface area is 111 Å². The van der Waals surface area contributed by atoms with Crippen molar-refractivity contribution < 1.29 is 24.5 Å². The van der Waals surface area contributed by atoms with E-state index < -0.39 is 24.1 Å². The average molecular weight is 272 g/mol. The predicted molar refractivity (Wildman–Crippen MR) is 65.7 cm³/mol. The number of hydrogen-bond donors (Lipinski definition) is 3. The van der Waals surface area contributed by atoms with Gasteiger partial charge < -0.3 is 25.2 Å². The highest BCUT2D eigenvalue weighted by Crippen LogP contribution is 2.21. The van der Waals surface area contributed by atoms with Gasteiger partial charge in [-0.1, -0.05) is 0 Å². The number of hydrogen-bond acceptors (Lipinski definition) is 4. The molecule has 2 aliphatic heterocycles. The van der Waals surface area contributed by atoms with Crippen molar-refractivity contribution in [3.8, 4) is 0 Å². The van der Waals surface area contributed by atoms with Crippen LogP contribution in [0.2, 0.25) is 0 Å². The van der Waals surface area contributed by atoms with E-state index in [1.54, 1.807) is 0 Å². The number of aliphatic hydroxyl groups excluding tert-OH is 1. The lowest BCUT2D eigenvalue weighted by Crippen LogP contribution is -2.47. The van der Waals surface area contributed by atoms with E-state index in [-0.39, 0.29) is 25.0 Å². The minimum atomic E-state index is -1.08. The molecule has 4 atom stereocenters. The van der Waals surface area contributed by atoms with Crippen molar-refractivity contribution in [2.75, 3.05) is 19.7 Å². The summed E-state index contributed by atoms with van der Waals surface area (Å²) < 4.78 is 5.40. The minimum Gasteiger partial charge on any atom is -0.480 e. The van der Waals surface area contributed by atoms with Crippen LogP contribution in [0.5, 0.6) is 0 Å². The van der Waals surface area contributed by atoms with Gasteiger partial charge in [0, 0.05) is 32.0 Å². The van der Waals surface area contributed by atoms with Crippen molar-refractivity contribution in [2.45, 2.75) is 38.0 Å². The van der Waals surface area contributed by atoms with Crippen molar-refractivity contribution in [2.24, 2.45) is 5.92 Å². The number of carbonyl (C=O) groups excluding carboxylic acids is 1. The molecule has 0 aliphatic carbocycles. The summed E-state index contributed by atoms with van der Waals surface area (Å²) in [6, 6.07) is -1.37. The SMILES string of the molecule is CC1OCCC1CNC(=O)N1C[C@H](O)C[C@H]1C(=O)O. The zero-order valence-corrected chi connectivity index (χ0v) is 10.9. The second-order valence-corrected chi connectivity index (χ2v) is 5.21. The van der Waals surface area contributed by atoms with Crippen LogP contribution in [0.25, 0.3) is 0 Å². The number of amides is 2. The van der Waals surface area contributed by atoms with Gasteiger partial charge in [-0.05, 0) is 13.3 Å². The molecule has 0 aromatic rings. The van der Waals surface area contributed by atoms with Crippen LogP contribution in [-0.4, -0.2) is 65.1 Å². The molecule has 0 aromatic heterocycles. The Morgan fingerprint density at radius 3 is 2.79 bits per heavy atom. The van der Waals surface area contributed by atoms with Crippen LogP contribution in [0.3, 0.4) is 0 Å². The van der Waals surface area contributed by atoms with Crippen molar-refractivity contribution >= 4 is 12.0 Å². The topological polar surface area (TPSA) is 99.1 Å². The van der Waals surface area contributed by atoms with Crippen LogP contribution in [-0.2, 0) is 9.53 Å². The van der Waals surface area contributed by atoms with Gasteiger partial charge in [-0.2, -0.15) is 0 Å². The van der Waals surface area contributed by atoms with Crippen LogP contribution in [0.1, 0.15) is 19.8 Å². The van der Waals surface area contributed by atoms with Crippen molar-refractivity contribution in [3.63, 3.8) is 0 Å². The number of β-amino-alcohol motifs (C(OH)–C–C–N with tert-alkyl or cyclic N) is 1. The molecule has 7 nitrogen and oxygen atoms in total. The number of carbonyl (C=O) groups is 2. The molecule has 2 unspecified atom stereocenters. The number of carboxylic acids is 1. The molecule has 3 N–H and O–H groups in total. The van der Waals surface area contributed by atoms with E-state index in [2.05, 4.69) is 5.32 Å². The fourth-order valence-corrected chi connectivity index (χ4v) is 2.64. The molecule has 2 saturated heterocycles. The Hall–Kier alpha value is -1.34. The lowest BCUT2D eigenvalue weighted by Gasteiger charge is -2.23. The van der Waals surface area contributed by atoms with Gasteiger partial charge in [-0.15, -0.1) is 0 Å². The second kappa shape index (κ2) is 5.75. The first-order valence-electron chi connectivity index (χ1n) is 6.56. The fraction of sp³-hybridized carbons (Fsp3) is 0.833. The monoisotopic (exact) mass is 272 g/mol. The Morgan fingerprint density at radius 2 is 2.21 bits per heavy atom. The Morgan fingerprint density at radius 1 is 1.47 bits per heavy atom. The average Bonchev–Trinajstić information content (AvgIpc) is 2.92. The highest BCUT2D eigenvalue weighted by atomic mass is 16.5. The molecule has 0 aromatic carbocycles. The van der Waals surface area contributed by atoms with Crippen LogP contribution in [0.4, 0.5) is 4.79 Å². The first-order valence-corrected chi connectivity index (χ1v) is 6.56. The summed E-state index contributed by atoms with van der Waals surface area (Å²) in [5.74, 6) is -0.816. The van der Waals surface area contributed by atoms with Gasteiger partial charge >= 0.3 is 12.0 Å². The molecule has 19 heavy (non-hydrogen) atoms. The summed E-state index contributed by atoms with van der Waals surface area (Å²) in [6.07, 6.45) is 0.332. The van der Waals surface area contributed by atoms with Crippen LogP contribution >= 0.6 is 0 Å². The van der Waals surface area contributed by atoms with Gasteiger partial charge in [0.1, 0.15) is 6.04 Å². The maximum Gasteiger partial charge on any atom is 0.326 e. The normalized spacial score (nSPS) is 34.5. The third-order valence-corrected chi connectivity index (χ3v) is 3.87. The van der Waals surface area contributed by atoms with Gasteiger partial charge in [0.2, 0.25) is 0 Å². The quantitative estimate of drug-likeness (QED) is 0.651. The molecular formula is C12H20N2O5. The second-order valence-electron chi connectivity index (χ2n) is 5.21. The molecule has 2 heterocycles. The number of urea groups is 1. The summed E-state index contributed by atoms with van der Waals surface area (Å²) in [5.41, 5.74) is 0. The first kappa shape index (κ1) is 14.1. The third-order valence-electron chi connectivity index (χ3n) is 3.87. The van der Waals surface area contributed by atoms with E-state index in [1.165, 1.54) is 4.90 Å². The number of nitrogens with zero attached hydrogens (tertiary/aromatic N) is 1. The van der Waals surface area contributed by atoms with Gasteiger partial charge in [-0.3, -0.25) is 0 Å². The lowest BCUT2D eigenvalue weighted by molar-refractivity contribution is -0.141. The van der Waals surface area contributed by atoms with Gasteiger partial charge in [0.15, 0.2) is 0 Å². The van der Waals surface area contributed by atoms with Gasteiger partial charge in [0.25, 0.3) is 0 Å². The number of likely N-dealkylation sites (tertiary alicyclic amines) is 1. The summed E-state index contributed by atoms with van der Waals surface area (Å²) in [7, 11) is 0. The zero-order chi connectivity index (χ0) is 14.0. The summed E-state index contributed by atoms with van der Waals surface area (Å²) in [5, 5.41) is 21.2. The molecule has 2 fully saturated rings. The van der Waals surface area contributed by atoms with Crippen LogP contribution in [0, 0.1) is 5.92 Å². The number of aliphatic hydroxyl groups is 1. The van der Waals surface area contributed by atoms with E-state index in [1.807, 2.05) is 6.92 Å². The zero-order valence-electron chi connectivity index (χ0n) is 10.9. The van der Waals surface area contributed by atoms with Crippen molar-refractivity contribution in [1.82, 2.24) is 10.2 Å². The van der Waals surface area contributed by atoms with Crippen molar-refractivity contribution in [1.29, 1.82) is 0 Å². The standard InChI is InChI=1S/C12H20N2O5/c1-7-8(2-3-19-7)5-13-12(18)14-6-9(15)4-10(14)11(16)17/h7-10,15H,2-6H2,1H3,(H,13,18)(H,16,17)/t7?,8?,9-,10+/m1/s1. The molecule has 2 rings (SSSR count). The Kier molecular flexibility index (Phi) is 4.26. The van der Waals surface area contributed by atoms with E-state index >= 15 is 0 Å². The summed E-state index contributed by atoms with van der Waals surface area (Å²) >= 11 is 0. The third kappa shape index (κ3) is 3.16. The number of carboxylic acid groups (broad SMARTS) is 1. The number of aliphatic carboxylic acids is 1. The molecular weight excluding hydrogens is 252 g/mol. The fourth-order valence-electron chi connectivity index (χ4n) is 2.64. The highest BCUT2D eigenvalue weighted by molar-refractivity contribution is 5.83.